The van der Waals surface area contributed by atoms with Crippen molar-refractivity contribution in [3.8, 4) is 11.1 Å². The van der Waals surface area contributed by atoms with Crippen LogP contribution < -0.4 is 5.32 Å². The average Bonchev–Trinajstić information content (AvgIpc) is 3.32. The molecule has 2 aromatic rings. The Labute approximate surface area is 146 Å². The van der Waals surface area contributed by atoms with Crippen LogP contribution in [-0.2, 0) is 6.42 Å². The molecule has 1 spiro atoms. The molecule has 2 aromatic heterocycles. The quantitative estimate of drug-likeness (QED) is 0.935. The number of Topliss-reactive ketones (excluding diaryl/α,β-unsaturated/α-hetero) is 1. The van der Waals surface area contributed by atoms with Gasteiger partial charge in [-0.2, -0.15) is 0 Å². The van der Waals surface area contributed by atoms with Crippen LogP contribution in [0.3, 0.4) is 0 Å². The maximum absolute atomic E-state index is 13.0. The third-order valence-corrected chi connectivity index (χ3v) is 5.28. The first kappa shape index (κ1) is 15.9. The molecule has 0 bridgehead atoms. The second kappa shape index (κ2) is 5.76. The molecule has 0 atom stereocenters. The third kappa shape index (κ3) is 2.64. The summed E-state index contributed by atoms with van der Waals surface area (Å²) in [4.78, 5) is 34.6. The minimum atomic E-state index is -0.186. The van der Waals surface area contributed by atoms with Crippen molar-refractivity contribution in [3.05, 3.63) is 47.0 Å². The summed E-state index contributed by atoms with van der Waals surface area (Å²) < 4.78 is 0. The van der Waals surface area contributed by atoms with Crippen molar-refractivity contribution in [2.75, 3.05) is 6.54 Å². The van der Waals surface area contributed by atoms with Crippen LogP contribution in [0.2, 0.25) is 0 Å². The molecule has 0 aromatic carbocycles. The fourth-order valence-electron chi connectivity index (χ4n) is 3.90. The van der Waals surface area contributed by atoms with Gasteiger partial charge < -0.3 is 5.32 Å². The molecule has 4 rings (SSSR count). The zero-order chi connectivity index (χ0) is 17.6. The molecule has 0 unspecified atom stereocenters. The summed E-state index contributed by atoms with van der Waals surface area (Å²) in [5.41, 5.74) is 4.26. The number of fused-ring (bicyclic) bond motifs is 1. The van der Waals surface area contributed by atoms with Crippen LogP contribution in [0.4, 0.5) is 0 Å². The monoisotopic (exact) mass is 335 g/mol. The fourth-order valence-corrected chi connectivity index (χ4v) is 3.90. The maximum atomic E-state index is 13.0. The summed E-state index contributed by atoms with van der Waals surface area (Å²) in [7, 11) is 0. The molecule has 5 heteroatoms. The minimum absolute atomic E-state index is 0.107. The Balaban J connectivity index is 1.99. The molecule has 2 aliphatic rings. The van der Waals surface area contributed by atoms with E-state index in [9.17, 15) is 9.59 Å². The van der Waals surface area contributed by atoms with Crippen molar-refractivity contribution in [2.24, 2.45) is 5.41 Å². The summed E-state index contributed by atoms with van der Waals surface area (Å²) in [6, 6.07) is 3.73. The highest BCUT2D eigenvalue weighted by Gasteiger charge is 2.49. The SMILES string of the molecule is CCNC(=O)c1c(C)nc2c(c1-c1cccnc1)C(=O)CC1(CC1)C2. The number of hydrogen-bond acceptors (Lipinski definition) is 4. The van der Waals surface area contributed by atoms with E-state index >= 15 is 0 Å². The zero-order valence-corrected chi connectivity index (χ0v) is 14.6. The second-order valence-electron chi connectivity index (χ2n) is 7.15. The van der Waals surface area contributed by atoms with Gasteiger partial charge in [0.15, 0.2) is 5.78 Å². The van der Waals surface area contributed by atoms with E-state index in [0.29, 0.717) is 35.3 Å². The van der Waals surface area contributed by atoms with Gasteiger partial charge in [-0.3, -0.25) is 19.6 Å². The standard InChI is InChI=1S/C20H21N3O2/c1-3-22-19(25)16-12(2)23-14-9-20(6-7-20)10-15(24)18(14)17(16)13-5-4-8-21-11-13/h4-5,8,11H,3,6-7,9-10H2,1-2H3,(H,22,25). The van der Waals surface area contributed by atoms with Gasteiger partial charge in [0.05, 0.1) is 17.0 Å². The molecule has 0 aliphatic heterocycles. The highest BCUT2D eigenvalue weighted by Crippen LogP contribution is 2.55. The Kier molecular flexibility index (Phi) is 3.67. The lowest BCUT2D eigenvalue weighted by molar-refractivity contribution is 0.0940. The van der Waals surface area contributed by atoms with Gasteiger partial charge in [0.1, 0.15) is 0 Å². The van der Waals surface area contributed by atoms with Crippen LogP contribution in [0.5, 0.6) is 0 Å². The van der Waals surface area contributed by atoms with Crippen LogP contribution in [0.25, 0.3) is 11.1 Å². The molecule has 5 nitrogen and oxygen atoms in total. The normalized spacial score (nSPS) is 17.3. The largest absolute Gasteiger partial charge is 0.352 e. The summed E-state index contributed by atoms with van der Waals surface area (Å²) in [5, 5.41) is 2.85. The van der Waals surface area contributed by atoms with Gasteiger partial charge >= 0.3 is 0 Å². The number of aromatic nitrogens is 2. The fraction of sp³-hybridized carbons (Fsp3) is 0.400. The molecular formula is C20H21N3O2. The minimum Gasteiger partial charge on any atom is -0.352 e. The van der Waals surface area contributed by atoms with E-state index in [1.807, 2.05) is 26.0 Å². The van der Waals surface area contributed by atoms with Crippen LogP contribution in [0.15, 0.2) is 24.5 Å². The lowest BCUT2D eigenvalue weighted by Gasteiger charge is -2.26. The zero-order valence-electron chi connectivity index (χ0n) is 14.6. The number of amides is 1. The van der Waals surface area contributed by atoms with Crippen LogP contribution >= 0.6 is 0 Å². The molecule has 0 saturated heterocycles. The first-order valence-corrected chi connectivity index (χ1v) is 8.80. The summed E-state index contributed by atoms with van der Waals surface area (Å²) in [5.74, 6) is -0.0793. The predicted molar refractivity (Wildman–Crippen MR) is 94.5 cm³/mol. The maximum Gasteiger partial charge on any atom is 0.253 e. The Morgan fingerprint density at radius 2 is 2.08 bits per heavy atom. The van der Waals surface area contributed by atoms with Crippen molar-refractivity contribution < 1.29 is 9.59 Å². The number of pyridine rings is 2. The highest BCUT2D eigenvalue weighted by molar-refractivity contribution is 6.11. The molecule has 1 N–H and O–H groups in total. The van der Waals surface area contributed by atoms with E-state index in [4.69, 9.17) is 0 Å². The molecule has 25 heavy (non-hydrogen) atoms. The molecule has 128 valence electrons. The lowest BCUT2D eigenvalue weighted by atomic mass is 9.79. The van der Waals surface area contributed by atoms with Crippen LogP contribution in [-0.4, -0.2) is 28.2 Å². The predicted octanol–water partition coefficient (Wildman–Crippen LogP) is 3.11. The van der Waals surface area contributed by atoms with E-state index in [0.717, 1.165) is 30.5 Å². The number of aryl methyl sites for hydroxylation is 1. The smallest absolute Gasteiger partial charge is 0.253 e. The molecule has 2 aliphatic carbocycles. The van der Waals surface area contributed by atoms with Crippen molar-refractivity contribution in [3.63, 3.8) is 0 Å². The van der Waals surface area contributed by atoms with Gasteiger partial charge in [-0.1, -0.05) is 6.07 Å². The highest BCUT2D eigenvalue weighted by atomic mass is 16.1. The number of carbonyl (C=O) groups is 2. The molecule has 2 heterocycles. The number of nitrogens with zero attached hydrogens (tertiary/aromatic N) is 2. The van der Waals surface area contributed by atoms with Gasteiger partial charge in [-0.15, -0.1) is 0 Å². The molecule has 1 fully saturated rings. The van der Waals surface area contributed by atoms with E-state index in [2.05, 4.69) is 15.3 Å². The van der Waals surface area contributed by atoms with Gasteiger partial charge in [-0.25, -0.2) is 0 Å². The van der Waals surface area contributed by atoms with Gasteiger partial charge in [0.25, 0.3) is 5.91 Å². The van der Waals surface area contributed by atoms with E-state index in [1.165, 1.54) is 0 Å². The first-order valence-electron chi connectivity index (χ1n) is 8.80. The Morgan fingerprint density at radius 1 is 1.28 bits per heavy atom. The van der Waals surface area contributed by atoms with Crippen molar-refractivity contribution in [2.45, 2.75) is 39.5 Å². The molecule has 1 saturated carbocycles. The number of hydrogen-bond donors (Lipinski definition) is 1. The van der Waals surface area contributed by atoms with Crippen molar-refractivity contribution in [1.82, 2.24) is 15.3 Å². The number of nitrogens with one attached hydrogen (secondary N) is 1. The Hall–Kier alpha value is -2.56. The molecule has 1 amide bonds. The lowest BCUT2D eigenvalue weighted by Crippen LogP contribution is -2.29. The second-order valence-corrected chi connectivity index (χ2v) is 7.15. The van der Waals surface area contributed by atoms with Crippen LogP contribution in [0.1, 0.15) is 58.3 Å². The van der Waals surface area contributed by atoms with Crippen molar-refractivity contribution in [1.29, 1.82) is 0 Å². The number of carbonyl (C=O) groups excluding carboxylic acids is 2. The average molecular weight is 335 g/mol. The van der Waals surface area contributed by atoms with Crippen molar-refractivity contribution >= 4 is 11.7 Å². The van der Waals surface area contributed by atoms with E-state index in [1.54, 1.807) is 12.4 Å². The first-order chi connectivity index (χ1) is 12.0. The van der Waals surface area contributed by atoms with Gasteiger partial charge in [0.2, 0.25) is 0 Å². The Bertz CT molecular complexity index is 870. The summed E-state index contributed by atoms with van der Waals surface area (Å²) in [6.07, 6.45) is 6.99. The van der Waals surface area contributed by atoms with Crippen LogP contribution in [0, 0.1) is 12.3 Å². The third-order valence-electron chi connectivity index (χ3n) is 5.28. The number of rotatable bonds is 3. The topological polar surface area (TPSA) is 72.0 Å². The van der Waals surface area contributed by atoms with Gasteiger partial charge in [-0.05, 0) is 44.6 Å². The van der Waals surface area contributed by atoms with E-state index < -0.39 is 0 Å². The summed E-state index contributed by atoms with van der Waals surface area (Å²) >= 11 is 0. The Morgan fingerprint density at radius 3 is 2.72 bits per heavy atom. The van der Waals surface area contributed by atoms with Gasteiger partial charge in [0, 0.05) is 42.0 Å². The summed E-state index contributed by atoms with van der Waals surface area (Å²) in [6.45, 7) is 4.26. The molecular weight excluding hydrogens is 314 g/mol. The molecule has 0 radical (unpaired) electrons. The number of ketones is 1. The van der Waals surface area contributed by atoms with E-state index in [-0.39, 0.29) is 17.1 Å².